The minimum atomic E-state index is 1.05. The average molecular weight is 450 g/mol. The molecule has 0 bridgehead atoms. The van der Waals surface area contributed by atoms with E-state index in [-0.39, 0.29) is 0 Å². The van der Waals surface area contributed by atoms with Crippen LogP contribution in [0.1, 0.15) is 115 Å². The van der Waals surface area contributed by atoms with Crippen LogP contribution in [0.2, 0.25) is 0 Å². The first kappa shape index (κ1) is 27.6. The van der Waals surface area contributed by atoms with Gasteiger partial charge in [-0.05, 0) is 36.7 Å². The molecule has 0 saturated heterocycles. The van der Waals surface area contributed by atoms with Gasteiger partial charge in [-0.2, -0.15) is 0 Å². The molecule has 184 valence electrons. The number of rotatable bonds is 20. The molecule has 0 aliphatic heterocycles. The fraction of sp³-hybridized carbons (Fsp3) is 0.625. The first-order chi connectivity index (χ1) is 16.3. The molecule has 2 aromatic rings. The van der Waals surface area contributed by atoms with E-state index in [4.69, 9.17) is 0 Å². The zero-order chi connectivity index (χ0) is 23.4. The van der Waals surface area contributed by atoms with Gasteiger partial charge in [-0.15, -0.1) is 0 Å². The van der Waals surface area contributed by atoms with Gasteiger partial charge in [-0.1, -0.05) is 158 Å². The smallest absolute Gasteiger partial charge is 0.0230 e. The third kappa shape index (κ3) is 13.6. The third-order valence-corrected chi connectivity index (χ3v) is 6.91. The predicted molar refractivity (Wildman–Crippen MR) is 148 cm³/mol. The summed E-state index contributed by atoms with van der Waals surface area (Å²) in [4.78, 5) is 2.47. The SMILES string of the molecule is CCCCCCCCCCCCCCCCCCN(C)Cc1ccc(-c2ccccc2)cc1. The Bertz CT molecular complexity index is 675. The number of hydrogen-bond acceptors (Lipinski definition) is 1. The Labute approximate surface area is 206 Å². The lowest BCUT2D eigenvalue weighted by Gasteiger charge is -2.17. The van der Waals surface area contributed by atoms with Crippen molar-refractivity contribution >= 4 is 0 Å². The van der Waals surface area contributed by atoms with Crippen LogP contribution in [0, 0.1) is 0 Å². The van der Waals surface area contributed by atoms with Crippen LogP contribution in [0.15, 0.2) is 54.6 Å². The highest BCUT2D eigenvalue weighted by atomic mass is 15.1. The monoisotopic (exact) mass is 449 g/mol. The molecule has 1 heteroatoms. The van der Waals surface area contributed by atoms with Crippen molar-refractivity contribution in [3.05, 3.63) is 60.2 Å². The third-order valence-electron chi connectivity index (χ3n) is 6.91. The van der Waals surface area contributed by atoms with Gasteiger partial charge in [0.25, 0.3) is 0 Å². The maximum absolute atomic E-state index is 2.47. The van der Waals surface area contributed by atoms with Crippen molar-refractivity contribution in [3.63, 3.8) is 0 Å². The molecule has 0 heterocycles. The molecule has 0 amide bonds. The fourth-order valence-corrected chi connectivity index (χ4v) is 4.75. The normalized spacial score (nSPS) is 11.4. The number of hydrogen-bond donors (Lipinski definition) is 0. The lowest BCUT2D eigenvalue weighted by atomic mass is 10.0. The Hall–Kier alpha value is -1.60. The molecule has 0 aliphatic carbocycles. The van der Waals surface area contributed by atoms with E-state index in [1.165, 1.54) is 126 Å². The molecule has 0 spiro atoms. The summed E-state index contributed by atoms with van der Waals surface area (Å²) in [5.74, 6) is 0. The van der Waals surface area contributed by atoms with Crippen LogP contribution >= 0.6 is 0 Å². The maximum Gasteiger partial charge on any atom is 0.0230 e. The zero-order valence-electron chi connectivity index (χ0n) is 21.9. The fourth-order valence-electron chi connectivity index (χ4n) is 4.75. The molecule has 0 unspecified atom stereocenters. The van der Waals surface area contributed by atoms with Gasteiger partial charge in [-0.3, -0.25) is 0 Å². The molecular formula is C32H51N. The molecule has 0 N–H and O–H groups in total. The largest absolute Gasteiger partial charge is 0.302 e. The van der Waals surface area contributed by atoms with Crippen LogP contribution in [-0.4, -0.2) is 18.5 Å². The summed E-state index contributed by atoms with van der Waals surface area (Å²) in [7, 11) is 2.26. The summed E-state index contributed by atoms with van der Waals surface area (Å²) in [5, 5.41) is 0. The van der Waals surface area contributed by atoms with E-state index >= 15 is 0 Å². The highest BCUT2D eigenvalue weighted by molar-refractivity contribution is 5.63. The molecule has 0 saturated carbocycles. The predicted octanol–water partition coefficient (Wildman–Crippen LogP) is 10.0. The van der Waals surface area contributed by atoms with Crippen molar-refractivity contribution in [2.45, 2.75) is 116 Å². The lowest BCUT2D eigenvalue weighted by molar-refractivity contribution is 0.316. The van der Waals surface area contributed by atoms with E-state index < -0.39 is 0 Å². The number of nitrogens with zero attached hydrogens (tertiary/aromatic N) is 1. The van der Waals surface area contributed by atoms with Crippen LogP contribution in [0.5, 0.6) is 0 Å². The molecule has 1 nitrogen and oxygen atoms in total. The summed E-state index contributed by atoms with van der Waals surface area (Å²) in [6.07, 6.45) is 23.0. The Morgan fingerprint density at radius 3 is 1.39 bits per heavy atom. The highest BCUT2D eigenvalue weighted by Crippen LogP contribution is 2.20. The first-order valence-corrected chi connectivity index (χ1v) is 14.1. The van der Waals surface area contributed by atoms with Crippen LogP contribution in [0.25, 0.3) is 11.1 Å². The minimum absolute atomic E-state index is 1.05. The molecule has 0 fully saturated rings. The minimum Gasteiger partial charge on any atom is -0.302 e. The molecular weight excluding hydrogens is 398 g/mol. The Balaban J connectivity index is 1.38. The van der Waals surface area contributed by atoms with Crippen molar-refractivity contribution < 1.29 is 0 Å². The van der Waals surface area contributed by atoms with Gasteiger partial charge in [0.2, 0.25) is 0 Å². The Kier molecular flexibility index (Phi) is 15.7. The Morgan fingerprint density at radius 1 is 0.485 bits per heavy atom. The van der Waals surface area contributed by atoms with Crippen LogP contribution in [0.3, 0.4) is 0 Å². The maximum atomic E-state index is 2.47. The standard InChI is InChI=1S/C32H51N/c1-3-4-5-6-7-8-9-10-11-12-13-14-15-16-17-21-28-33(2)29-30-24-26-32(27-25-30)31-22-19-18-20-23-31/h18-20,22-27H,3-17,21,28-29H2,1-2H3. The lowest BCUT2D eigenvalue weighted by Crippen LogP contribution is -2.19. The second-order valence-corrected chi connectivity index (χ2v) is 10.1. The second-order valence-electron chi connectivity index (χ2n) is 10.1. The number of unbranched alkanes of at least 4 members (excludes halogenated alkanes) is 15. The van der Waals surface area contributed by atoms with Crippen LogP contribution in [-0.2, 0) is 6.54 Å². The summed E-state index contributed by atoms with van der Waals surface area (Å²) in [5.41, 5.74) is 4.01. The summed E-state index contributed by atoms with van der Waals surface area (Å²) in [6, 6.07) is 19.7. The van der Waals surface area contributed by atoms with Crippen molar-refractivity contribution in [3.8, 4) is 11.1 Å². The van der Waals surface area contributed by atoms with Gasteiger partial charge in [0, 0.05) is 6.54 Å². The van der Waals surface area contributed by atoms with E-state index in [0.717, 1.165) is 6.54 Å². The molecule has 0 aromatic heterocycles. The van der Waals surface area contributed by atoms with Gasteiger partial charge >= 0.3 is 0 Å². The first-order valence-electron chi connectivity index (χ1n) is 14.1. The molecule has 2 rings (SSSR count). The van der Waals surface area contributed by atoms with Crippen molar-refractivity contribution in [1.82, 2.24) is 4.90 Å². The van der Waals surface area contributed by atoms with Crippen LogP contribution < -0.4 is 0 Å². The van der Waals surface area contributed by atoms with Gasteiger partial charge in [0.15, 0.2) is 0 Å². The summed E-state index contributed by atoms with van der Waals surface area (Å²) in [6.45, 7) is 4.56. The van der Waals surface area contributed by atoms with Crippen LogP contribution in [0.4, 0.5) is 0 Å². The van der Waals surface area contributed by atoms with Gasteiger partial charge in [-0.25, -0.2) is 0 Å². The molecule has 2 aromatic carbocycles. The number of benzene rings is 2. The quantitative estimate of drug-likeness (QED) is 0.182. The van der Waals surface area contributed by atoms with Gasteiger partial charge < -0.3 is 4.90 Å². The van der Waals surface area contributed by atoms with Crippen molar-refractivity contribution in [1.29, 1.82) is 0 Å². The van der Waals surface area contributed by atoms with Crippen molar-refractivity contribution in [2.24, 2.45) is 0 Å². The summed E-state index contributed by atoms with van der Waals surface area (Å²) >= 11 is 0. The van der Waals surface area contributed by atoms with Gasteiger partial charge in [0.1, 0.15) is 0 Å². The van der Waals surface area contributed by atoms with E-state index in [2.05, 4.69) is 73.5 Å². The molecule has 0 aliphatic rings. The molecule has 0 atom stereocenters. The topological polar surface area (TPSA) is 3.24 Å². The van der Waals surface area contributed by atoms with E-state index in [1.807, 2.05) is 0 Å². The zero-order valence-corrected chi connectivity index (χ0v) is 21.9. The molecule has 0 radical (unpaired) electrons. The second kappa shape index (κ2) is 18.8. The van der Waals surface area contributed by atoms with Crippen molar-refractivity contribution in [2.75, 3.05) is 13.6 Å². The Morgan fingerprint density at radius 2 is 0.909 bits per heavy atom. The average Bonchev–Trinajstić information content (AvgIpc) is 2.85. The van der Waals surface area contributed by atoms with E-state index in [0.29, 0.717) is 0 Å². The van der Waals surface area contributed by atoms with E-state index in [9.17, 15) is 0 Å². The van der Waals surface area contributed by atoms with Gasteiger partial charge in [0.05, 0.1) is 0 Å². The molecule has 33 heavy (non-hydrogen) atoms. The van der Waals surface area contributed by atoms with E-state index in [1.54, 1.807) is 0 Å². The highest BCUT2D eigenvalue weighted by Gasteiger charge is 2.02. The summed E-state index contributed by atoms with van der Waals surface area (Å²) < 4.78 is 0.